The summed E-state index contributed by atoms with van der Waals surface area (Å²) in [5, 5.41) is 2.74. The second-order valence-corrected chi connectivity index (χ2v) is 7.67. The number of nitrogens with zero attached hydrogens (tertiary/aromatic N) is 1. The van der Waals surface area contributed by atoms with Gasteiger partial charge in [-0.2, -0.15) is 0 Å². The van der Waals surface area contributed by atoms with Crippen molar-refractivity contribution in [3.63, 3.8) is 0 Å². The summed E-state index contributed by atoms with van der Waals surface area (Å²) in [4.78, 5) is 26.4. The maximum Gasteiger partial charge on any atom is 0.251 e. The van der Waals surface area contributed by atoms with Crippen molar-refractivity contribution in [2.75, 3.05) is 32.8 Å². The van der Waals surface area contributed by atoms with Crippen LogP contribution in [0.3, 0.4) is 0 Å². The van der Waals surface area contributed by atoms with Crippen LogP contribution in [-0.2, 0) is 14.9 Å². The molecule has 0 radical (unpaired) electrons. The fraction of sp³-hybridized carbons (Fsp3) is 0.600. The zero-order valence-corrected chi connectivity index (χ0v) is 15.8. The lowest BCUT2D eigenvalue weighted by atomic mass is 9.87. The number of benzene rings is 1. The van der Waals surface area contributed by atoms with E-state index in [0.29, 0.717) is 24.6 Å². The zero-order chi connectivity index (χ0) is 18.4. The summed E-state index contributed by atoms with van der Waals surface area (Å²) >= 11 is 0. The third-order valence-electron chi connectivity index (χ3n) is 4.65. The average Bonchev–Trinajstić information content (AvgIpc) is 3.09. The maximum absolute atomic E-state index is 12.4. The molecule has 0 bridgehead atoms. The van der Waals surface area contributed by atoms with E-state index in [4.69, 9.17) is 4.74 Å². The van der Waals surface area contributed by atoms with E-state index in [1.54, 1.807) is 4.90 Å². The molecule has 0 spiro atoms. The number of carbonyl (C=O) groups is 2. The van der Waals surface area contributed by atoms with Crippen LogP contribution in [0, 0.1) is 5.92 Å². The Morgan fingerprint density at radius 3 is 2.44 bits per heavy atom. The Labute approximate surface area is 150 Å². The molecule has 1 aromatic carbocycles. The Bertz CT molecular complexity index is 584. The summed E-state index contributed by atoms with van der Waals surface area (Å²) in [5.41, 5.74) is 1.81. The van der Waals surface area contributed by atoms with Gasteiger partial charge >= 0.3 is 0 Å². The summed E-state index contributed by atoms with van der Waals surface area (Å²) < 4.78 is 5.36. The smallest absolute Gasteiger partial charge is 0.251 e. The van der Waals surface area contributed by atoms with E-state index in [1.165, 1.54) is 5.56 Å². The minimum Gasteiger partial charge on any atom is -0.381 e. The van der Waals surface area contributed by atoms with Crippen LogP contribution in [-0.4, -0.2) is 49.6 Å². The van der Waals surface area contributed by atoms with Crippen LogP contribution in [0.25, 0.3) is 0 Å². The minimum absolute atomic E-state index is 0.0290. The normalized spacial score (nSPS) is 17.4. The number of rotatable bonds is 6. The molecule has 1 fully saturated rings. The van der Waals surface area contributed by atoms with E-state index in [2.05, 4.69) is 26.1 Å². The minimum atomic E-state index is -0.214. The first kappa shape index (κ1) is 19.4. The molecule has 0 aliphatic carbocycles. The monoisotopic (exact) mass is 346 g/mol. The molecule has 1 atom stereocenters. The Kier molecular flexibility index (Phi) is 6.59. The first-order valence-electron chi connectivity index (χ1n) is 9.05. The molecule has 1 N–H and O–H groups in total. The van der Waals surface area contributed by atoms with Crippen LogP contribution in [0.2, 0.25) is 0 Å². The van der Waals surface area contributed by atoms with Crippen molar-refractivity contribution >= 4 is 11.8 Å². The molecule has 1 aliphatic heterocycles. The lowest BCUT2D eigenvalue weighted by Crippen LogP contribution is -2.42. The van der Waals surface area contributed by atoms with Crippen molar-refractivity contribution in [1.29, 1.82) is 0 Å². The summed E-state index contributed by atoms with van der Waals surface area (Å²) in [6, 6.07) is 7.56. The van der Waals surface area contributed by atoms with Crippen molar-refractivity contribution < 1.29 is 14.3 Å². The van der Waals surface area contributed by atoms with Crippen LogP contribution in [0.15, 0.2) is 24.3 Å². The van der Waals surface area contributed by atoms with Gasteiger partial charge in [0, 0.05) is 31.2 Å². The van der Waals surface area contributed by atoms with Crippen molar-refractivity contribution in [2.24, 2.45) is 5.92 Å². The second kappa shape index (κ2) is 8.48. The van der Waals surface area contributed by atoms with Crippen molar-refractivity contribution in [2.45, 2.75) is 39.5 Å². The quantitative estimate of drug-likeness (QED) is 0.861. The Hall–Kier alpha value is -1.88. The van der Waals surface area contributed by atoms with Crippen molar-refractivity contribution in [1.82, 2.24) is 10.2 Å². The molecule has 25 heavy (non-hydrogen) atoms. The molecule has 0 saturated carbocycles. The van der Waals surface area contributed by atoms with Crippen LogP contribution in [0.4, 0.5) is 0 Å². The number of likely N-dealkylation sites (N-methyl/N-ethyl adjacent to an activating group) is 1. The second-order valence-electron chi connectivity index (χ2n) is 7.67. The maximum atomic E-state index is 12.4. The summed E-state index contributed by atoms with van der Waals surface area (Å²) in [6.07, 6.45) is 0.996. The van der Waals surface area contributed by atoms with Crippen LogP contribution < -0.4 is 5.32 Å². The third kappa shape index (κ3) is 5.56. The van der Waals surface area contributed by atoms with Gasteiger partial charge in [0.05, 0.1) is 13.2 Å². The van der Waals surface area contributed by atoms with Crippen LogP contribution in [0.5, 0.6) is 0 Å². The van der Waals surface area contributed by atoms with Gasteiger partial charge in [-0.25, -0.2) is 0 Å². The topological polar surface area (TPSA) is 58.6 Å². The summed E-state index contributed by atoms with van der Waals surface area (Å²) in [7, 11) is 0. The molecule has 2 rings (SSSR count). The Balaban J connectivity index is 1.86. The SMILES string of the molecule is CCN(C[C@H]1CCOC1)C(=O)CNC(=O)c1ccc(C(C)(C)C)cc1. The molecule has 5 nitrogen and oxygen atoms in total. The summed E-state index contributed by atoms with van der Waals surface area (Å²) in [5.74, 6) is 0.146. The predicted octanol–water partition coefficient (Wildman–Crippen LogP) is 2.60. The zero-order valence-electron chi connectivity index (χ0n) is 15.8. The van der Waals surface area contributed by atoms with E-state index in [1.807, 2.05) is 31.2 Å². The van der Waals surface area contributed by atoms with Gasteiger partial charge in [0.25, 0.3) is 5.91 Å². The standard InChI is InChI=1S/C20H30N2O3/c1-5-22(13-15-10-11-25-14-15)18(23)12-21-19(24)16-6-8-17(9-7-16)20(2,3)4/h6-9,15H,5,10-14H2,1-4H3,(H,21,24)/t15-/m1/s1. The van der Waals surface area contributed by atoms with Gasteiger partial charge in [-0.05, 0) is 36.5 Å². The van der Waals surface area contributed by atoms with Gasteiger partial charge in [-0.15, -0.1) is 0 Å². The number of hydrogen-bond acceptors (Lipinski definition) is 3. The molecule has 1 aliphatic rings. The van der Waals surface area contributed by atoms with E-state index in [9.17, 15) is 9.59 Å². The highest BCUT2D eigenvalue weighted by Crippen LogP contribution is 2.22. The largest absolute Gasteiger partial charge is 0.381 e. The first-order chi connectivity index (χ1) is 11.8. The molecule has 138 valence electrons. The summed E-state index contributed by atoms with van der Waals surface area (Å²) in [6.45, 7) is 11.2. The van der Waals surface area contributed by atoms with E-state index in [-0.39, 0.29) is 23.8 Å². The molecular weight excluding hydrogens is 316 g/mol. The van der Waals surface area contributed by atoms with E-state index < -0.39 is 0 Å². The first-order valence-corrected chi connectivity index (χ1v) is 9.05. The number of amides is 2. The van der Waals surface area contributed by atoms with Gasteiger partial charge in [0.15, 0.2) is 0 Å². The lowest BCUT2D eigenvalue weighted by molar-refractivity contribution is -0.130. The van der Waals surface area contributed by atoms with Crippen molar-refractivity contribution in [3.05, 3.63) is 35.4 Å². The van der Waals surface area contributed by atoms with Gasteiger partial charge in [0.2, 0.25) is 5.91 Å². The van der Waals surface area contributed by atoms with Crippen LogP contribution in [0.1, 0.15) is 50.0 Å². The predicted molar refractivity (Wildman–Crippen MR) is 98.7 cm³/mol. The molecule has 0 unspecified atom stereocenters. The average molecular weight is 346 g/mol. The number of nitrogens with one attached hydrogen (secondary N) is 1. The highest BCUT2D eigenvalue weighted by Gasteiger charge is 2.22. The Morgan fingerprint density at radius 2 is 1.92 bits per heavy atom. The molecule has 2 amide bonds. The Morgan fingerprint density at radius 1 is 1.24 bits per heavy atom. The highest BCUT2D eigenvalue weighted by atomic mass is 16.5. The lowest BCUT2D eigenvalue weighted by Gasteiger charge is -2.24. The molecule has 1 aromatic rings. The van der Waals surface area contributed by atoms with E-state index >= 15 is 0 Å². The number of hydrogen-bond donors (Lipinski definition) is 1. The molecular formula is C20H30N2O3. The fourth-order valence-corrected chi connectivity index (χ4v) is 2.94. The van der Waals surface area contributed by atoms with Gasteiger partial charge in [-0.3, -0.25) is 9.59 Å². The highest BCUT2D eigenvalue weighted by molar-refractivity contribution is 5.96. The molecule has 1 heterocycles. The van der Waals surface area contributed by atoms with Gasteiger partial charge in [-0.1, -0.05) is 32.9 Å². The number of carbonyl (C=O) groups excluding carboxylic acids is 2. The van der Waals surface area contributed by atoms with Crippen molar-refractivity contribution in [3.8, 4) is 0 Å². The van der Waals surface area contributed by atoms with Gasteiger partial charge < -0.3 is 15.0 Å². The van der Waals surface area contributed by atoms with Gasteiger partial charge in [0.1, 0.15) is 0 Å². The molecule has 1 saturated heterocycles. The third-order valence-corrected chi connectivity index (χ3v) is 4.65. The molecule has 0 aromatic heterocycles. The number of ether oxygens (including phenoxy) is 1. The fourth-order valence-electron chi connectivity index (χ4n) is 2.94. The molecule has 5 heteroatoms. The van der Waals surface area contributed by atoms with Crippen LogP contribution >= 0.6 is 0 Å². The van der Waals surface area contributed by atoms with E-state index in [0.717, 1.165) is 19.6 Å².